The van der Waals surface area contributed by atoms with Gasteiger partial charge in [-0.25, -0.2) is 14.2 Å². The van der Waals surface area contributed by atoms with Gasteiger partial charge in [0.05, 0.1) is 13.7 Å². The van der Waals surface area contributed by atoms with Crippen LogP contribution in [0.15, 0.2) is 23.6 Å². The minimum atomic E-state index is -0.501. The molecular weight excluding hydrogens is 269 g/mol. The molecule has 2 aromatic rings. The lowest BCUT2D eigenvalue weighted by molar-refractivity contribution is 0.0520. The lowest BCUT2D eigenvalue weighted by Crippen LogP contribution is -2.04. The minimum Gasteiger partial charge on any atom is -0.497 e. The molecule has 0 amide bonds. The van der Waals surface area contributed by atoms with Gasteiger partial charge in [0.1, 0.15) is 16.6 Å². The van der Waals surface area contributed by atoms with Crippen molar-refractivity contribution >= 4 is 17.3 Å². The summed E-state index contributed by atoms with van der Waals surface area (Å²) in [6.07, 6.45) is 0. The first kappa shape index (κ1) is 13.5. The number of rotatable bonds is 4. The number of esters is 1. The number of halogens is 1. The van der Waals surface area contributed by atoms with Crippen molar-refractivity contribution in [2.45, 2.75) is 6.92 Å². The van der Waals surface area contributed by atoms with Gasteiger partial charge in [0, 0.05) is 17.0 Å². The standard InChI is InChI=1S/C13H12FNO3S/c1-3-18-13(16)11-7-19-12(15-11)9-5-4-8(17-2)6-10(9)14/h4-7H,3H2,1-2H3. The van der Waals surface area contributed by atoms with Crippen molar-refractivity contribution in [2.75, 3.05) is 13.7 Å². The molecule has 0 saturated carbocycles. The van der Waals surface area contributed by atoms with Crippen molar-refractivity contribution in [3.63, 3.8) is 0 Å². The summed E-state index contributed by atoms with van der Waals surface area (Å²) < 4.78 is 23.6. The van der Waals surface area contributed by atoms with Crippen molar-refractivity contribution in [3.8, 4) is 16.3 Å². The van der Waals surface area contributed by atoms with Crippen LogP contribution in [0.3, 0.4) is 0 Å². The second-order valence-electron chi connectivity index (χ2n) is 3.60. The number of benzene rings is 1. The van der Waals surface area contributed by atoms with E-state index in [0.717, 1.165) is 0 Å². The zero-order valence-corrected chi connectivity index (χ0v) is 11.3. The summed E-state index contributed by atoms with van der Waals surface area (Å²) in [7, 11) is 1.47. The number of nitrogens with zero attached hydrogens (tertiary/aromatic N) is 1. The zero-order valence-electron chi connectivity index (χ0n) is 10.5. The van der Waals surface area contributed by atoms with E-state index >= 15 is 0 Å². The van der Waals surface area contributed by atoms with Crippen LogP contribution in [0.1, 0.15) is 17.4 Å². The van der Waals surface area contributed by atoms with E-state index < -0.39 is 11.8 Å². The molecule has 19 heavy (non-hydrogen) atoms. The average molecular weight is 281 g/mol. The zero-order chi connectivity index (χ0) is 13.8. The van der Waals surface area contributed by atoms with Crippen LogP contribution in [0.25, 0.3) is 10.6 Å². The lowest BCUT2D eigenvalue weighted by atomic mass is 10.2. The van der Waals surface area contributed by atoms with Crippen LogP contribution in [-0.4, -0.2) is 24.7 Å². The first-order valence-corrected chi connectivity index (χ1v) is 6.50. The fraction of sp³-hybridized carbons (Fsp3) is 0.231. The molecule has 1 heterocycles. The highest BCUT2D eigenvalue weighted by Crippen LogP contribution is 2.28. The third-order valence-electron chi connectivity index (χ3n) is 2.40. The molecule has 1 aromatic heterocycles. The van der Waals surface area contributed by atoms with Crippen LogP contribution in [0.4, 0.5) is 4.39 Å². The maximum absolute atomic E-state index is 13.9. The third kappa shape index (κ3) is 2.90. The number of thiazole rings is 1. The Morgan fingerprint density at radius 1 is 1.47 bits per heavy atom. The van der Waals surface area contributed by atoms with E-state index in [-0.39, 0.29) is 12.3 Å². The second-order valence-corrected chi connectivity index (χ2v) is 4.46. The van der Waals surface area contributed by atoms with Crippen LogP contribution >= 0.6 is 11.3 Å². The molecule has 0 aliphatic rings. The largest absolute Gasteiger partial charge is 0.497 e. The summed E-state index contributed by atoms with van der Waals surface area (Å²) in [6.45, 7) is 2.00. The van der Waals surface area contributed by atoms with E-state index in [2.05, 4.69) is 4.98 Å². The molecule has 4 nitrogen and oxygen atoms in total. The highest BCUT2D eigenvalue weighted by atomic mass is 32.1. The highest BCUT2D eigenvalue weighted by molar-refractivity contribution is 7.13. The Bertz CT molecular complexity index is 597. The number of aromatic nitrogens is 1. The molecule has 100 valence electrons. The summed E-state index contributed by atoms with van der Waals surface area (Å²) >= 11 is 1.19. The Kier molecular flexibility index (Phi) is 4.11. The number of hydrogen-bond donors (Lipinski definition) is 0. The number of hydrogen-bond acceptors (Lipinski definition) is 5. The lowest BCUT2D eigenvalue weighted by Gasteiger charge is -2.02. The number of carbonyl (C=O) groups excluding carboxylic acids is 1. The van der Waals surface area contributed by atoms with Crippen molar-refractivity contribution in [1.29, 1.82) is 0 Å². The molecule has 0 aliphatic heterocycles. The third-order valence-corrected chi connectivity index (χ3v) is 3.27. The van der Waals surface area contributed by atoms with Gasteiger partial charge in [-0.2, -0.15) is 0 Å². The molecule has 0 saturated heterocycles. The fourth-order valence-corrected chi connectivity index (χ4v) is 2.31. The molecule has 0 bridgehead atoms. The van der Waals surface area contributed by atoms with Gasteiger partial charge in [0.2, 0.25) is 0 Å². The Labute approximate surface area is 113 Å². The van der Waals surface area contributed by atoms with Gasteiger partial charge in [-0.05, 0) is 19.1 Å². The summed E-state index contributed by atoms with van der Waals surface area (Å²) in [5.74, 6) is -0.508. The van der Waals surface area contributed by atoms with Gasteiger partial charge in [-0.1, -0.05) is 0 Å². The van der Waals surface area contributed by atoms with Gasteiger partial charge in [0.15, 0.2) is 5.69 Å². The molecular formula is C13H12FNO3S. The Morgan fingerprint density at radius 2 is 2.26 bits per heavy atom. The van der Waals surface area contributed by atoms with E-state index in [1.165, 1.54) is 24.5 Å². The van der Waals surface area contributed by atoms with Crippen LogP contribution in [-0.2, 0) is 4.74 Å². The molecule has 0 N–H and O–H groups in total. The van der Waals surface area contributed by atoms with Crippen molar-refractivity contribution in [1.82, 2.24) is 4.98 Å². The predicted octanol–water partition coefficient (Wildman–Crippen LogP) is 3.13. The van der Waals surface area contributed by atoms with E-state index in [0.29, 0.717) is 16.3 Å². The van der Waals surface area contributed by atoms with E-state index in [1.54, 1.807) is 24.4 Å². The first-order valence-electron chi connectivity index (χ1n) is 5.62. The molecule has 0 radical (unpaired) electrons. The topological polar surface area (TPSA) is 48.4 Å². The minimum absolute atomic E-state index is 0.192. The average Bonchev–Trinajstić information content (AvgIpc) is 2.88. The highest BCUT2D eigenvalue weighted by Gasteiger charge is 2.15. The Hall–Kier alpha value is -1.95. The first-order chi connectivity index (χ1) is 9.15. The molecule has 0 atom stereocenters. The van der Waals surface area contributed by atoms with Gasteiger partial charge in [0.25, 0.3) is 0 Å². The monoisotopic (exact) mass is 281 g/mol. The summed E-state index contributed by atoms with van der Waals surface area (Å²) in [6, 6.07) is 4.49. The second kappa shape index (κ2) is 5.79. The molecule has 0 aliphatic carbocycles. The van der Waals surface area contributed by atoms with E-state index in [9.17, 15) is 9.18 Å². The number of ether oxygens (including phenoxy) is 2. The van der Waals surface area contributed by atoms with Crippen LogP contribution < -0.4 is 4.74 Å². The van der Waals surface area contributed by atoms with Crippen LogP contribution in [0.5, 0.6) is 5.75 Å². The summed E-state index contributed by atoms with van der Waals surface area (Å²) in [4.78, 5) is 15.6. The molecule has 0 spiro atoms. The Balaban J connectivity index is 2.30. The van der Waals surface area contributed by atoms with Gasteiger partial charge in [-0.3, -0.25) is 0 Å². The molecule has 2 rings (SSSR count). The van der Waals surface area contributed by atoms with Gasteiger partial charge in [-0.15, -0.1) is 11.3 Å². The van der Waals surface area contributed by atoms with Crippen molar-refractivity contribution in [3.05, 3.63) is 35.1 Å². The smallest absolute Gasteiger partial charge is 0.357 e. The number of methoxy groups -OCH3 is 1. The molecule has 0 fully saturated rings. The fourth-order valence-electron chi connectivity index (χ4n) is 1.49. The summed E-state index contributed by atoms with van der Waals surface area (Å²) in [5.41, 5.74) is 0.526. The van der Waals surface area contributed by atoms with Crippen LogP contribution in [0.2, 0.25) is 0 Å². The molecule has 0 unspecified atom stereocenters. The van der Waals surface area contributed by atoms with Crippen molar-refractivity contribution < 1.29 is 18.7 Å². The SMILES string of the molecule is CCOC(=O)c1csc(-c2ccc(OC)cc2F)n1. The quantitative estimate of drug-likeness (QED) is 0.808. The normalized spacial score (nSPS) is 10.3. The van der Waals surface area contributed by atoms with E-state index in [4.69, 9.17) is 9.47 Å². The maximum Gasteiger partial charge on any atom is 0.357 e. The predicted molar refractivity (Wildman–Crippen MR) is 70.0 cm³/mol. The Morgan fingerprint density at radius 3 is 2.89 bits per heavy atom. The summed E-state index contributed by atoms with van der Waals surface area (Å²) in [5, 5.41) is 1.99. The number of carbonyl (C=O) groups is 1. The van der Waals surface area contributed by atoms with Gasteiger partial charge >= 0.3 is 5.97 Å². The van der Waals surface area contributed by atoms with Crippen molar-refractivity contribution in [2.24, 2.45) is 0 Å². The van der Waals surface area contributed by atoms with Crippen LogP contribution in [0, 0.1) is 5.82 Å². The maximum atomic E-state index is 13.9. The molecule has 6 heteroatoms. The van der Waals surface area contributed by atoms with Gasteiger partial charge < -0.3 is 9.47 Å². The van der Waals surface area contributed by atoms with E-state index in [1.807, 2.05) is 0 Å². The molecule has 1 aromatic carbocycles.